The minimum atomic E-state index is -0.637. The Bertz CT molecular complexity index is 866. The number of nitrogens with two attached hydrogens (primary N) is 1. The molecule has 0 aliphatic carbocycles. The van der Waals surface area contributed by atoms with E-state index in [2.05, 4.69) is 25.9 Å². The van der Waals surface area contributed by atoms with Crippen molar-refractivity contribution in [2.24, 2.45) is 5.73 Å². The lowest BCUT2D eigenvalue weighted by Crippen LogP contribution is -2.20. The number of pyridine rings is 2. The summed E-state index contributed by atoms with van der Waals surface area (Å²) in [6, 6.07) is 9.03. The van der Waals surface area contributed by atoms with Crippen LogP contribution in [0.3, 0.4) is 0 Å². The van der Waals surface area contributed by atoms with Crippen molar-refractivity contribution in [2.45, 2.75) is 6.54 Å². The average molecular weight is 322 g/mol. The molecule has 0 saturated carbocycles. The first-order valence-electron chi connectivity index (χ1n) is 7.47. The maximum absolute atomic E-state index is 11.1. The number of carbonyl (C=O) groups is 1. The molecule has 5 N–H and O–H groups in total. The van der Waals surface area contributed by atoms with Crippen LogP contribution in [0, 0.1) is 0 Å². The zero-order valence-electron chi connectivity index (χ0n) is 13.2. The highest BCUT2D eigenvalue weighted by Crippen LogP contribution is 2.30. The zero-order valence-corrected chi connectivity index (χ0v) is 13.2. The number of hydrogen-bond donors (Lipinski definition) is 4. The summed E-state index contributed by atoms with van der Waals surface area (Å²) in [5.41, 5.74) is 8.07. The smallest absolute Gasteiger partial charge is 0.317 e. The van der Waals surface area contributed by atoms with E-state index in [1.54, 1.807) is 18.6 Å². The van der Waals surface area contributed by atoms with E-state index in [1.165, 1.54) is 0 Å². The van der Waals surface area contributed by atoms with Gasteiger partial charge in [-0.2, -0.15) is 0 Å². The Morgan fingerprint density at radius 3 is 2.79 bits per heavy atom. The molecular weight excluding hydrogens is 304 g/mol. The van der Waals surface area contributed by atoms with Gasteiger partial charge in [0, 0.05) is 30.0 Å². The van der Waals surface area contributed by atoms with Crippen LogP contribution >= 0.6 is 0 Å². The van der Waals surface area contributed by atoms with E-state index in [0.29, 0.717) is 12.4 Å². The lowest BCUT2D eigenvalue weighted by Gasteiger charge is -2.14. The molecule has 0 aliphatic rings. The third kappa shape index (κ3) is 3.41. The van der Waals surface area contributed by atoms with Gasteiger partial charge in [0.2, 0.25) is 0 Å². The van der Waals surface area contributed by atoms with Crippen molar-refractivity contribution in [1.29, 1.82) is 0 Å². The van der Waals surface area contributed by atoms with Gasteiger partial charge in [-0.15, -0.1) is 0 Å². The summed E-state index contributed by atoms with van der Waals surface area (Å²) < 4.78 is 0. The quantitative estimate of drug-likeness (QED) is 0.578. The number of urea groups is 1. The monoisotopic (exact) mass is 322 g/mol. The predicted octanol–water partition coefficient (Wildman–Crippen LogP) is 2.58. The first kappa shape index (κ1) is 15.7. The van der Waals surface area contributed by atoms with Gasteiger partial charge < -0.3 is 16.4 Å². The van der Waals surface area contributed by atoms with E-state index in [4.69, 9.17) is 5.73 Å². The second-order valence-corrected chi connectivity index (χ2v) is 5.27. The van der Waals surface area contributed by atoms with E-state index >= 15 is 0 Å². The number of aromatic nitrogens is 2. The summed E-state index contributed by atoms with van der Waals surface area (Å²) in [5, 5.41) is 10.9. The first-order valence-corrected chi connectivity index (χ1v) is 7.47. The van der Waals surface area contributed by atoms with Crippen molar-refractivity contribution in [3.63, 3.8) is 0 Å². The van der Waals surface area contributed by atoms with Crippen LogP contribution in [0.15, 0.2) is 48.9 Å². The van der Waals surface area contributed by atoms with E-state index in [9.17, 15) is 4.79 Å². The summed E-state index contributed by atoms with van der Waals surface area (Å²) in [5.74, 6) is 0.422. The molecule has 0 radical (unpaired) electrons. The fourth-order valence-electron chi connectivity index (χ4n) is 2.54. The molecule has 1 aromatic carbocycles. The van der Waals surface area contributed by atoms with E-state index < -0.39 is 6.03 Å². The molecular formula is C17H18N6O. The Hall–Kier alpha value is -3.19. The predicted molar refractivity (Wildman–Crippen MR) is 95.2 cm³/mol. The molecule has 0 bridgehead atoms. The number of fused-ring (bicyclic) bond motifs is 1. The molecule has 0 aliphatic heterocycles. The van der Waals surface area contributed by atoms with Crippen LogP contribution in [0.5, 0.6) is 0 Å². The third-order valence-electron chi connectivity index (χ3n) is 3.55. The Labute approximate surface area is 139 Å². The molecule has 122 valence electrons. The second kappa shape index (κ2) is 6.93. The highest BCUT2D eigenvalue weighted by molar-refractivity contribution is 5.99. The first-order chi connectivity index (χ1) is 11.7. The maximum atomic E-state index is 11.1. The molecule has 0 unspecified atom stereocenters. The lowest BCUT2D eigenvalue weighted by atomic mass is 10.0. The number of benzene rings is 1. The maximum Gasteiger partial charge on any atom is 0.317 e. The van der Waals surface area contributed by atoms with E-state index in [0.717, 1.165) is 27.7 Å². The minimum absolute atomic E-state index is 0.422. The van der Waals surface area contributed by atoms with Crippen LogP contribution < -0.4 is 21.7 Å². The average Bonchev–Trinajstić information content (AvgIpc) is 2.57. The number of nitrogens with zero attached hydrogens (tertiary/aromatic N) is 2. The molecule has 0 atom stereocenters. The number of amides is 2. The van der Waals surface area contributed by atoms with Crippen molar-refractivity contribution in [2.75, 3.05) is 17.7 Å². The van der Waals surface area contributed by atoms with Crippen molar-refractivity contribution in [3.05, 3.63) is 54.5 Å². The fourth-order valence-corrected chi connectivity index (χ4v) is 2.54. The van der Waals surface area contributed by atoms with Gasteiger partial charge in [-0.3, -0.25) is 10.3 Å². The molecule has 2 amide bonds. The Morgan fingerprint density at radius 1 is 1.21 bits per heavy atom. The largest absolute Gasteiger partial charge is 0.354 e. The number of primary amides is 1. The van der Waals surface area contributed by atoms with Gasteiger partial charge in [0.05, 0.1) is 11.9 Å². The van der Waals surface area contributed by atoms with E-state index in [-0.39, 0.29) is 0 Å². The highest BCUT2D eigenvalue weighted by Gasteiger charge is 2.09. The number of rotatable bonds is 5. The lowest BCUT2D eigenvalue weighted by molar-refractivity contribution is 0.259. The normalized spacial score (nSPS) is 10.5. The number of carbonyl (C=O) groups excluding carboxylic acids is 1. The zero-order chi connectivity index (χ0) is 16.9. The molecule has 2 heterocycles. The third-order valence-corrected chi connectivity index (χ3v) is 3.55. The van der Waals surface area contributed by atoms with Gasteiger partial charge in [0.1, 0.15) is 5.82 Å². The summed E-state index contributed by atoms with van der Waals surface area (Å²) in [7, 11) is 1.89. The van der Waals surface area contributed by atoms with Crippen LogP contribution in [0.25, 0.3) is 10.8 Å². The Balaban J connectivity index is 2.07. The van der Waals surface area contributed by atoms with Crippen LogP contribution in [0.2, 0.25) is 0 Å². The standard InChI is InChI=1S/C17H18N6O/c1-19-8-11-4-5-15(22-12-3-2-6-20-9-12)14-10-21-16(7-13(11)14)23-17(18)24/h2-7,9-10,19,22H,8H2,1H3,(H3,18,21,23,24). The number of nitrogens with one attached hydrogen (secondary N) is 3. The molecule has 24 heavy (non-hydrogen) atoms. The number of hydrogen-bond acceptors (Lipinski definition) is 5. The van der Waals surface area contributed by atoms with Gasteiger partial charge in [0.25, 0.3) is 0 Å². The number of anilines is 3. The molecule has 0 saturated heterocycles. The summed E-state index contributed by atoms with van der Waals surface area (Å²) >= 11 is 0. The molecule has 7 heteroatoms. The summed E-state index contributed by atoms with van der Waals surface area (Å²) in [6.45, 7) is 0.698. The van der Waals surface area contributed by atoms with Gasteiger partial charge in [-0.05, 0) is 42.3 Å². The fraction of sp³-hybridized carbons (Fsp3) is 0.118. The Kier molecular flexibility index (Phi) is 4.53. The van der Waals surface area contributed by atoms with Crippen LogP contribution in [0.1, 0.15) is 5.56 Å². The molecule has 3 aromatic rings. The molecule has 7 nitrogen and oxygen atoms in total. The van der Waals surface area contributed by atoms with Gasteiger partial charge in [0.15, 0.2) is 0 Å². The van der Waals surface area contributed by atoms with Crippen LogP contribution in [0.4, 0.5) is 22.0 Å². The van der Waals surface area contributed by atoms with Crippen molar-refractivity contribution in [3.8, 4) is 0 Å². The van der Waals surface area contributed by atoms with Gasteiger partial charge >= 0.3 is 6.03 Å². The Morgan fingerprint density at radius 2 is 2.08 bits per heavy atom. The van der Waals surface area contributed by atoms with Crippen molar-refractivity contribution < 1.29 is 4.79 Å². The topological polar surface area (TPSA) is 105 Å². The summed E-state index contributed by atoms with van der Waals surface area (Å²) in [6.07, 6.45) is 5.20. The van der Waals surface area contributed by atoms with Crippen molar-refractivity contribution in [1.82, 2.24) is 15.3 Å². The second-order valence-electron chi connectivity index (χ2n) is 5.27. The molecule has 3 rings (SSSR count). The van der Waals surface area contributed by atoms with Crippen molar-refractivity contribution >= 4 is 34.0 Å². The molecule has 2 aromatic heterocycles. The van der Waals surface area contributed by atoms with Gasteiger partial charge in [-0.25, -0.2) is 9.78 Å². The van der Waals surface area contributed by atoms with Gasteiger partial charge in [-0.1, -0.05) is 6.07 Å². The summed E-state index contributed by atoms with van der Waals surface area (Å²) in [4.78, 5) is 19.4. The molecule has 0 fully saturated rings. The highest BCUT2D eigenvalue weighted by atomic mass is 16.2. The molecule has 0 spiro atoms. The van der Waals surface area contributed by atoms with Crippen LogP contribution in [-0.2, 0) is 6.54 Å². The van der Waals surface area contributed by atoms with E-state index in [1.807, 2.05) is 37.4 Å². The van der Waals surface area contributed by atoms with Crippen LogP contribution in [-0.4, -0.2) is 23.0 Å². The minimum Gasteiger partial charge on any atom is -0.354 e. The SMILES string of the molecule is CNCc1ccc(Nc2cccnc2)c2cnc(NC(N)=O)cc12.